The summed E-state index contributed by atoms with van der Waals surface area (Å²) < 4.78 is 5.89. The number of fused-ring (bicyclic) bond motifs is 1. The second-order valence-electron chi connectivity index (χ2n) is 9.99. The number of amides is 3. The second-order valence-corrected chi connectivity index (χ2v) is 9.99. The zero-order chi connectivity index (χ0) is 25.4. The first-order chi connectivity index (χ1) is 18.0. The third-order valence-corrected chi connectivity index (χ3v) is 7.56. The van der Waals surface area contributed by atoms with Crippen LogP contribution in [-0.4, -0.2) is 51.6 Å². The number of benzene rings is 2. The minimum absolute atomic E-state index is 0.126. The van der Waals surface area contributed by atoms with E-state index in [0.29, 0.717) is 30.5 Å². The predicted octanol–water partition coefficient (Wildman–Crippen LogP) is 3.56. The van der Waals surface area contributed by atoms with Crippen LogP contribution in [0.4, 0.5) is 11.7 Å². The highest BCUT2D eigenvalue weighted by atomic mass is 16.4. The van der Waals surface area contributed by atoms with Crippen LogP contribution in [0, 0.1) is 0 Å². The zero-order valence-electron chi connectivity index (χ0n) is 20.5. The lowest BCUT2D eigenvalue weighted by Gasteiger charge is -2.31. The normalized spacial score (nSPS) is 20.7. The number of carbonyl (C=O) groups excluding carboxylic acids is 3. The summed E-state index contributed by atoms with van der Waals surface area (Å²) in [5.74, 6) is 0.484. The summed E-state index contributed by atoms with van der Waals surface area (Å²) in [6, 6.07) is 15.8. The van der Waals surface area contributed by atoms with Crippen molar-refractivity contribution >= 4 is 29.4 Å². The van der Waals surface area contributed by atoms with Crippen LogP contribution in [0.1, 0.15) is 58.8 Å². The number of nitrogens with one attached hydrogen (secondary N) is 2. The van der Waals surface area contributed by atoms with Crippen LogP contribution in [0.3, 0.4) is 0 Å². The van der Waals surface area contributed by atoms with Crippen molar-refractivity contribution in [2.24, 2.45) is 0 Å². The average molecular weight is 500 g/mol. The number of nitrogens with zero attached hydrogens (tertiary/aromatic N) is 3. The van der Waals surface area contributed by atoms with E-state index in [9.17, 15) is 14.4 Å². The van der Waals surface area contributed by atoms with Crippen molar-refractivity contribution in [2.75, 3.05) is 18.4 Å². The fraction of sp³-hybridized carbons (Fsp3) is 0.357. The van der Waals surface area contributed by atoms with E-state index in [1.807, 2.05) is 36.4 Å². The summed E-state index contributed by atoms with van der Waals surface area (Å²) in [4.78, 5) is 45.1. The van der Waals surface area contributed by atoms with Crippen LogP contribution >= 0.6 is 0 Å². The predicted molar refractivity (Wildman–Crippen MR) is 136 cm³/mol. The van der Waals surface area contributed by atoms with Gasteiger partial charge in [-0.1, -0.05) is 30.3 Å². The van der Waals surface area contributed by atoms with Crippen molar-refractivity contribution < 1.29 is 18.8 Å². The molecule has 9 heteroatoms. The van der Waals surface area contributed by atoms with E-state index >= 15 is 0 Å². The molecular weight excluding hydrogens is 470 g/mol. The van der Waals surface area contributed by atoms with Crippen LogP contribution in [0.5, 0.6) is 0 Å². The van der Waals surface area contributed by atoms with Crippen molar-refractivity contribution in [1.29, 1.82) is 0 Å². The molecule has 2 aromatic carbocycles. The van der Waals surface area contributed by atoms with E-state index in [4.69, 9.17) is 4.42 Å². The molecule has 0 saturated carbocycles. The van der Waals surface area contributed by atoms with Gasteiger partial charge in [0.05, 0.1) is 12.7 Å². The van der Waals surface area contributed by atoms with E-state index in [-0.39, 0.29) is 24.1 Å². The molecule has 0 bridgehead atoms. The third kappa shape index (κ3) is 4.86. The summed E-state index contributed by atoms with van der Waals surface area (Å²) in [5.41, 5.74) is 3.81. The number of oxazole rings is 1. The van der Waals surface area contributed by atoms with E-state index in [1.54, 1.807) is 11.1 Å². The summed E-state index contributed by atoms with van der Waals surface area (Å²) in [7, 11) is 0. The number of carbonyl (C=O) groups is 3. The first kappa shape index (κ1) is 23.4. The summed E-state index contributed by atoms with van der Waals surface area (Å²) in [6.07, 6.45) is 4.47. The molecule has 37 heavy (non-hydrogen) atoms. The number of imide groups is 1. The Hall–Kier alpha value is -3.98. The Balaban J connectivity index is 1.04. The SMILES string of the molecule is O=C1CCC(N2Cc3cc(C4CCN(Cc5cnc(Nc6ccccc6)o5)CC4)ccc3C2=O)C(=O)N1. The Labute approximate surface area is 214 Å². The molecule has 190 valence electrons. The molecule has 1 aromatic heterocycles. The lowest BCUT2D eigenvalue weighted by atomic mass is 9.88. The van der Waals surface area contributed by atoms with E-state index in [2.05, 4.69) is 32.7 Å². The fourth-order valence-electron chi connectivity index (χ4n) is 5.58. The van der Waals surface area contributed by atoms with Gasteiger partial charge in [-0.2, -0.15) is 0 Å². The van der Waals surface area contributed by atoms with Gasteiger partial charge in [0, 0.05) is 24.2 Å². The van der Waals surface area contributed by atoms with Gasteiger partial charge in [0.15, 0.2) is 0 Å². The molecule has 6 rings (SSSR count). The van der Waals surface area contributed by atoms with Crippen molar-refractivity contribution in [3.05, 3.63) is 77.2 Å². The Morgan fingerprint density at radius 3 is 2.62 bits per heavy atom. The molecule has 2 saturated heterocycles. The number of rotatable bonds is 6. The van der Waals surface area contributed by atoms with Gasteiger partial charge in [-0.05, 0) is 67.6 Å². The molecule has 3 aromatic rings. The molecule has 1 unspecified atom stereocenters. The molecule has 0 radical (unpaired) electrons. The molecule has 0 aliphatic carbocycles. The fourth-order valence-corrected chi connectivity index (χ4v) is 5.58. The minimum atomic E-state index is -0.580. The van der Waals surface area contributed by atoms with Gasteiger partial charge in [0.25, 0.3) is 11.9 Å². The molecule has 4 heterocycles. The molecule has 2 fully saturated rings. The van der Waals surface area contributed by atoms with Gasteiger partial charge in [0.1, 0.15) is 11.8 Å². The number of anilines is 2. The summed E-state index contributed by atoms with van der Waals surface area (Å²) >= 11 is 0. The van der Waals surface area contributed by atoms with Gasteiger partial charge in [-0.25, -0.2) is 4.98 Å². The van der Waals surface area contributed by atoms with E-state index in [0.717, 1.165) is 49.5 Å². The van der Waals surface area contributed by atoms with E-state index < -0.39 is 6.04 Å². The van der Waals surface area contributed by atoms with Gasteiger partial charge in [0.2, 0.25) is 11.8 Å². The molecular formula is C28H29N5O4. The maximum Gasteiger partial charge on any atom is 0.299 e. The number of piperidine rings is 2. The van der Waals surface area contributed by atoms with Crippen LogP contribution in [-0.2, 0) is 22.7 Å². The van der Waals surface area contributed by atoms with Crippen LogP contribution in [0.2, 0.25) is 0 Å². The average Bonchev–Trinajstić information content (AvgIpc) is 3.48. The van der Waals surface area contributed by atoms with Crippen molar-refractivity contribution in [1.82, 2.24) is 20.1 Å². The first-order valence-electron chi connectivity index (χ1n) is 12.8. The molecule has 1 atom stereocenters. The van der Waals surface area contributed by atoms with Gasteiger partial charge >= 0.3 is 0 Å². The van der Waals surface area contributed by atoms with E-state index in [1.165, 1.54) is 5.56 Å². The summed E-state index contributed by atoms with van der Waals surface area (Å²) in [5, 5.41) is 5.54. The molecule has 2 N–H and O–H groups in total. The number of para-hydroxylation sites is 1. The van der Waals surface area contributed by atoms with Crippen molar-refractivity contribution in [2.45, 2.75) is 50.7 Å². The monoisotopic (exact) mass is 499 g/mol. The molecule has 0 spiro atoms. The number of hydrogen-bond donors (Lipinski definition) is 2. The van der Waals surface area contributed by atoms with Gasteiger partial charge in [-0.3, -0.25) is 24.6 Å². The number of hydrogen-bond acceptors (Lipinski definition) is 7. The minimum Gasteiger partial charge on any atom is -0.427 e. The largest absolute Gasteiger partial charge is 0.427 e. The second kappa shape index (κ2) is 9.82. The molecule has 9 nitrogen and oxygen atoms in total. The highest BCUT2D eigenvalue weighted by Gasteiger charge is 2.39. The standard InChI is InChI=1S/C28H29N5O4/c34-25-9-8-24(26(35)31-25)33-16-20-14-19(6-7-23(20)27(33)36)18-10-12-32(13-11-18)17-22-15-29-28(37-22)30-21-4-2-1-3-5-21/h1-7,14-15,18,24H,8-13,16-17H2,(H,29,30)(H,31,34,35). The Morgan fingerprint density at radius 2 is 1.84 bits per heavy atom. The highest BCUT2D eigenvalue weighted by Crippen LogP contribution is 2.34. The number of likely N-dealkylation sites (tertiary alicyclic amines) is 1. The third-order valence-electron chi connectivity index (χ3n) is 7.56. The Morgan fingerprint density at radius 1 is 1.03 bits per heavy atom. The van der Waals surface area contributed by atoms with Gasteiger partial charge in [-0.15, -0.1) is 0 Å². The molecule has 3 aliphatic heterocycles. The van der Waals surface area contributed by atoms with Crippen molar-refractivity contribution in [3.8, 4) is 0 Å². The quantitative estimate of drug-likeness (QED) is 0.500. The highest BCUT2D eigenvalue weighted by molar-refractivity contribution is 6.05. The number of aromatic nitrogens is 1. The lowest BCUT2D eigenvalue weighted by Crippen LogP contribution is -2.52. The first-order valence-corrected chi connectivity index (χ1v) is 12.8. The van der Waals surface area contributed by atoms with Gasteiger partial charge < -0.3 is 14.6 Å². The smallest absolute Gasteiger partial charge is 0.299 e. The molecule has 3 amide bonds. The maximum absolute atomic E-state index is 13.0. The van der Waals surface area contributed by atoms with Crippen molar-refractivity contribution in [3.63, 3.8) is 0 Å². The Kier molecular flexibility index (Phi) is 6.21. The maximum atomic E-state index is 13.0. The van der Waals surface area contributed by atoms with Crippen LogP contribution in [0.15, 0.2) is 59.1 Å². The summed E-state index contributed by atoms with van der Waals surface area (Å²) in [6.45, 7) is 3.03. The molecule has 3 aliphatic rings. The Bertz CT molecular complexity index is 1330. The topological polar surface area (TPSA) is 108 Å². The van der Waals surface area contributed by atoms with Crippen LogP contribution < -0.4 is 10.6 Å². The van der Waals surface area contributed by atoms with Crippen LogP contribution in [0.25, 0.3) is 0 Å². The lowest BCUT2D eigenvalue weighted by molar-refractivity contribution is -0.136. The zero-order valence-corrected chi connectivity index (χ0v) is 20.5.